The molecule has 0 aromatic heterocycles. The molecule has 6 heteroatoms. The molecule has 1 aromatic rings. The van der Waals surface area contributed by atoms with Gasteiger partial charge in [-0.15, -0.1) is 0 Å². The zero-order valence-electron chi connectivity index (χ0n) is 12.3. The Hall–Kier alpha value is -1.66. The van der Waals surface area contributed by atoms with Crippen LogP contribution in [0.4, 0.5) is 5.69 Å². The number of benzene rings is 1. The smallest absolute Gasteiger partial charge is 0.269 e. The third kappa shape index (κ3) is 5.99. The van der Waals surface area contributed by atoms with Crippen LogP contribution < -0.4 is 10.1 Å². The van der Waals surface area contributed by atoms with Crippen LogP contribution in [0, 0.1) is 10.1 Å². The van der Waals surface area contributed by atoms with Crippen LogP contribution in [0.15, 0.2) is 24.3 Å². The van der Waals surface area contributed by atoms with Crippen LogP contribution in [0.2, 0.25) is 0 Å². The van der Waals surface area contributed by atoms with E-state index in [-0.39, 0.29) is 5.69 Å². The maximum absolute atomic E-state index is 10.5. The van der Waals surface area contributed by atoms with Crippen molar-refractivity contribution in [1.29, 1.82) is 0 Å². The highest BCUT2D eigenvalue weighted by Crippen LogP contribution is 2.16. The zero-order chi connectivity index (χ0) is 15.0. The summed E-state index contributed by atoms with van der Waals surface area (Å²) < 4.78 is 5.50. The molecule has 0 aliphatic rings. The third-order valence-electron chi connectivity index (χ3n) is 3.12. The highest BCUT2D eigenvalue weighted by Gasteiger charge is 2.04. The van der Waals surface area contributed by atoms with E-state index >= 15 is 0 Å². The molecule has 0 saturated heterocycles. The number of likely N-dealkylation sites (N-methyl/N-ethyl adjacent to an activating group) is 1. The van der Waals surface area contributed by atoms with Crippen molar-refractivity contribution in [3.8, 4) is 5.75 Å². The molecule has 0 atom stereocenters. The van der Waals surface area contributed by atoms with Gasteiger partial charge >= 0.3 is 0 Å². The van der Waals surface area contributed by atoms with E-state index in [4.69, 9.17) is 4.74 Å². The molecule has 0 unspecified atom stereocenters. The third-order valence-corrected chi connectivity index (χ3v) is 3.12. The van der Waals surface area contributed by atoms with E-state index in [2.05, 4.69) is 31.1 Å². The molecule has 112 valence electrons. The first-order valence-corrected chi connectivity index (χ1v) is 6.79. The zero-order valence-corrected chi connectivity index (χ0v) is 12.3. The Bertz CT molecular complexity index is 407. The van der Waals surface area contributed by atoms with E-state index in [1.807, 2.05) is 0 Å². The summed E-state index contributed by atoms with van der Waals surface area (Å²) in [5.41, 5.74) is 0.0761. The highest BCUT2D eigenvalue weighted by molar-refractivity contribution is 5.35. The molecule has 20 heavy (non-hydrogen) atoms. The largest absolute Gasteiger partial charge is 0.492 e. The van der Waals surface area contributed by atoms with E-state index in [1.54, 1.807) is 12.1 Å². The number of nitro benzene ring substituents is 1. The van der Waals surface area contributed by atoms with E-state index in [0.717, 1.165) is 19.6 Å². The normalized spacial score (nSPS) is 11.1. The molecule has 0 spiro atoms. The molecule has 0 heterocycles. The van der Waals surface area contributed by atoms with Crippen molar-refractivity contribution in [2.45, 2.75) is 19.9 Å². The Labute approximate surface area is 119 Å². The number of nitrogens with one attached hydrogen (secondary N) is 1. The average molecular weight is 281 g/mol. The molecule has 1 aromatic carbocycles. The topological polar surface area (TPSA) is 67.6 Å². The van der Waals surface area contributed by atoms with Crippen LogP contribution in [0.25, 0.3) is 0 Å². The van der Waals surface area contributed by atoms with Crippen LogP contribution in [-0.4, -0.2) is 49.2 Å². The summed E-state index contributed by atoms with van der Waals surface area (Å²) in [6.45, 7) is 7.54. The second-order valence-electron chi connectivity index (χ2n) is 4.92. The van der Waals surface area contributed by atoms with Gasteiger partial charge in [0, 0.05) is 37.8 Å². The van der Waals surface area contributed by atoms with E-state index < -0.39 is 4.92 Å². The quantitative estimate of drug-likeness (QED) is 0.425. The second-order valence-corrected chi connectivity index (χ2v) is 4.92. The van der Waals surface area contributed by atoms with Gasteiger partial charge in [-0.3, -0.25) is 10.1 Å². The van der Waals surface area contributed by atoms with Gasteiger partial charge in [0.25, 0.3) is 5.69 Å². The lowest BCUT2D eigenvalue weighted by atomic mass is 10.3. The van der Waals surface area contributed by atoms with Gasteiger partial charge in [-0.25, -0.2) is 0 Å². The fourth-order valence-corrected chi connectivity index (χ4v) is 1.54. The lowest BCUT2D eigenvalue weighted by molar-refractivity contribution is -0.384. The summed E-state index contributed by atoms with van der Waals surface area (Å²) in [6.07, 6.45) is 0. The molecule has 1 N–H and O–H groups in total. The molecule has 0 radical (unpaired) electrons. The van der Waals surface area contributed by atoms with Crippen molar-refractivity contribution >= 4 is 5.69 Å². The van der Waals surface area contributed by atoms with Gasteiger partial charge in [-0.2, -0.15) is 0 Å². The van der Waals surface area contributed by atoms with E-state index in [9.17, 15) is 10.1 Å². The molecule has 0 aliphatic heterocycles. The summed E-state index contributed by atoms with van der Waals surface area (Å²) in [6, 6.07) is 6.67. The van der Waals surface area contributed by atoms with E-state index in [0.29, 0.717) is 18.4 Å². The lowest BCUT2D eigenvalue weighted by Gasteiger charge is -2.20. The van der Waals surface area contributed by atoms with Gasteiger partial charge in [0.15, 0.2) is 0 Å². The van der Waals surface area contributed by atoms with Crippen molar-refractivity contribution in [1.82, 2.24) is 10.2 Å². The van der Waals surface area contributed by atoms with Gasteiger partial charge in [-0.05, 0) is 33.0 Å². The Morgan fingerprint density at radius 1 is 1.30 bits per heavy atom. The molecule has 0 saturated carbocycles. The molecule has 0 aliphatic carbocycles. The number of ether oxygens (including phenoxy) is 1. The SMILES string of the molecule is CC(C)N(C)CCNCCOc1ccc([N+](=O)[O-])cc1. The van der Waals surface area contributed by atoms with Crippen molar-refractivity contribution in [2.24, 2.45) is 0 Å². The maximum Gasteiger partial charge on any atom is 0.269 e. The fraction of sp³-hybridized carbons (Fsp3) is 0.571. The molecular formula is C14H23N3O3. The maximum atomic E-state index is 10.5. The fourth-order valence-electron chi connectivity index (χ4n) is 1.54. The van der Waals surface area contributed by atoms with Crippen LogP contribution in [0.5, 0.6) is 5.75 Å². The number of nitrogens with zero attached hydrogens (tertiary/aromatic N) is 2. The van der Waals surface area contributed by atoms with Crippen LogP contribution >= 0.6 is 0 Å². The first-order valence-electron chi connectivity index (χ1n) is 6.79. The number of hydrogen-bond donors (Lipinski definition) is 1. The number of hydrogen-bond acceptors (Lipinski definition) is 5. The molecule has 0 fully saturated rings. The first-order chi connectivity index (χ1) is 9.50. The van der Waals surface area contributed by atoms with Crippen molar-refractivity contribution in [3.05, 3.63) is 34.4 Å². The van der Waals surface area contributed by atoms with Gasteiger partial charge in [0.1, 0.15) is 12.4 Å². The minimum atomic E-state index is -0.420. The summed E-state index contributed by atoms with van der Waals surface area (Å²) in [4.78, 5) is 12.3. The Morgan fingerprint density at radius 3 is 2.50 bits per heavy atom. The monoisotopic (exact) mass is 281 g/mol. The van der Waals surface area contributed by atoms with Crippen LogP contribution in [0.3, 0.4) is 0 Å². The Kier molecular flexibility index (Phi) is 6.97. The molecule has 1 rings (SSSR count). The molecule has 0 bridgehead atoms. The van der Waals surface area contributed by atoms with Crippen molar-refractivity contribution in [2.75, 3.05) is 33.3 Å². The van der Waals surface area contributed by atoms with E-state index in [1.165, 1.54) is 12.1 Å². The minimum Gasteiger partial charge on any atom is -0.492 e. The number of nitro groups is 1. The molecule has 0 amide bonds. The average Bonchev–Trinajstić information content (AvgIpc) is 2.42. The van der Waals surface area contributed by atoms with Gasteiger partial charge in [0.05, 0.1) is 4.92 Å². The molecule has 6 nitrogen and oxygen atoms in total. The van der Waals surface area contributed by atoms with Crippen molar-refractivity contribution < 1.29 is 9.66 Å². The van der Waals surface area contributed by atoms with Crippen LogP contribution in [-0.2, 0) is 0 Å². The Balaban J connectivity index is 2.14. The number of rotatable bonds is 9. The summed E-state index contributed by atoms with van der Waals surface area (Å²) >= 11 is 0. The molecular weight excluding hydrogens is 258 g/mol. The predicted molar refractivity (Wildman–Crippen MR) is 79.2 cm³/mol. The summed E-state index contributed by atoms with van der Waals surface area (Å²) in [5, 5.41) is 13.8. The lowest BCUT2D eigenvalue weighted by Crippen LogP contribution is -2.35. The van der Waals surface area contributed by atoms with Gasteiger partial charge < -0.3 is 15.0 Å². The minimum absolute atomic E-state index is 0.0761. The standard InChI is InChI=1S/C14H23N3O3/c1-12(2)16(3)10-8-15-9-11-20-14-6-4-13(5-7-14)17(18)19/h4-7,12,15H,8-11H2,1-3H3. The van der Waals surface area contributed by atoms with Gasteiger partial charge in [-0.1, -0.05) is 0 Å². The first kappa shape index (κ1) is 16.4. The van der Waals surface area contributed by atoms with Crippen molar-refractivity contribution in [3.63, 3.8) is 0 Å². The Morgan fingerprint density at radius 2 is 1.95 bits per heavy atom. The second kappa shape index (κ2) is 8.50. The number of non-ortho nitro benzene ring substituents is 1. The van der Waals surface area contributed by atoms with Crippen LogP contribution in [0.1, 0.15) is 13.8 Å². The summed E-state index contributed by atoms with van der Waals surface area (Å²) in [5.74, 6) is 0.650. The van der Waals surface area contributed by atoms with Gasteiger partial charge in [0.2, 0.25) is 0 Å². The highest BCUT2D eigenvalue weighted by atomic mass is 16.6. The predicted octanol–water partition coefficient (Wildman–Crippen LogP) is 1.90. The summed E-state index contributed by atoms with van der Waals surface area (Å²) in [7, 11) is 2.10.